The molecule has 1 fully saturated rings. The van der Waals surface area contributed by atoms with Gasteiger partial charge in [-0.05, 0) is 31.7 Å². The molecule has 1 aliphatic carbocycles. The van der Waals surface area contributed by atoms with Crippen LogP contribution in [-0.2, 0) is 0 Å². The molecule has 0 radical (unpaired) electrons. The van der Waals surface area contributed by atoms with E-state index in [1.54, 1.807) is 6.26 Å². The molecule has 0 aromatic carbocycles. The lowest BCUT2D eigenvalue weighted by Gasteiger charge is -2.13. The number of nitrogens with two attached hydrogens (primary N) is 1. The molecule has 1 heterocycles. The van der Waals surface area contributed by atoms with Crippen LogP contribution in [0.3, 0.4) is 0 Å². The van der Waals surface area contributed by atoms with Gasteiger partial charge in [-0.25, -0.2) is 0 Å². The van der Waals surface area contributed by atoms with E-state index in [1.807, 2.05) is 13.0 Å². The number of aryl methyl sites for hydroxylation is 1. The maximum absolute atomic E-state index is 5.48. The quantitative estimate of drug-likeness (QED) is 0.528. The van der Waals surface area contributed by atoms with Crippen LogP contribution >= 0.6 is 0 Å². The largest absolute Gasteiger partial charge is 0.469 e. The number of hydrogen-bond donors (Lipinski definition) is 2. The lowest BCUT2D eigenvalue weighted by Crippen LogP contribution is -2.29. The zero-order valence-electron chi connectivity index (χ0n) is 7.21. The summed E-state index contributed by atoms with van der Waals surface area (Å²) in [6.45, 7) is 1.97. The number of hydrazine groups is 1. The zero-order chi connectivity index (χ0) is 8.55. The molecule has 1 aromatic rings. The molecule has 3 heteroatoms. The molecule has 2 rings (SSSR count). The fraction of sp³-hybridized carbons (Fsp3) is 0.556. The van der Waals surface area contributed by atoms with Gasteiger partial charge in [-0.1, -0.05) is 0 Å². The molecule has 0 spiro atoms. The summed E-state index contributed by atoms with van der Waals surface area (Å²) in [5, 5.41) is 0. The van der Waals surface area contributed by atoms with Crippen LogP contribution in [0.4, 0.5) is 0 Å². The fourth-order valence-corrected chi connectivity index (χ4v) is 1.63. The van der Waals surface area contributed by atoms with Crippen molar-refractivity contribution in [3.05, 3.63) is 23.7 Å². The lowest BCUT2D eigenvalue weighted by atomic mass is 10.0. The molecule has 1 saturated carbocycles. The van der Waals surface area contributed by atoms with Crippen LogP contribution < -0.4 is 11.3 Å². The highest BCUT2D eigenvalue weighted by molar-refractivity contribution is 5.22. The molecule has 0 aliphatic heterocycles. The first-order valence-corrected chi connectivity index (χ1v) is 4.33. The van der Waals surface area contributed by atoms with Crippen molar-refractivity contribution in [2.24, 2.45) is 11.8 Å². The second-order valence-electron chi connectivity index (χ2n) is 3.41. The Balaban J connectivity index is 2.20. The third kappa shape index (κ3) is 1.26. The minimum atomic E-state index is 0.295. The molecule has 66 valence electrons. The molecule has 1 atom stereocenters. The Bertz CT molecular complexity index is 265. The second-order valence-corrected chi connectivity index (χ2v) is 3.41. The Morgan fingerprint density at radius 3 is 2.83 bits per heavy atom. The van der Waals surface area contributed by atoms with Crippen LogP contribution in [0, 0.1) is 12.8 Å². The van der Waals surface area contributed by atoms with Gasteiger partial charge in [0.1, 0.15) is 5.76 Å². The standard InChI is InChI=1S/C9H14N2O/c1-6-8(4-5-12-6)9(11-10)7-2-3-7/h4-5,7,9,11H,2-3,10H2,1H3. The normalized spacial score (nSPS) is 19.5. The van der Waals surface area contributed by atoms with Gasteiger partial charge in [0.25, 0.3) is 0 Å². The summed E-state index contributed by atoms with van der Waals surface area (Å²) in [7, 11) is 0. The topological polar surface area (TPSA) is 51.2 Å². The molecular weight excluding hydrogens is 152 g/mol. The van der Waals surface area contributed by atoms with Crippen molar-refractivity contribution < 1.29 is 4.42 Å². The van der Waals surface area contributed by atoms with Crippen LogP contribution in [0.15, 0.2) is 16.7 Å². The van der Waals surface area contributed by atoms with Gasteiger partial charge in [0, 0.05) is 5.56 Å². The monoisotopic (exact) mass is 166 g/mol. The van der Waals surface area contributed by atoms with Gasteiger partial charge in [-0.15, -0.1) is 0 Å². The fourth-order valence-electron chi connectivity index (χ4n) is 1.63. The maximum atomic E-state index is 5.48. The van der Waals surface area contributed by atoms with E-state index in [9.17, 15) is 0 Å². The van der Waals surface area contributed by atoms with Crippen molar-refractivity contribution >= 4 is 0 Å². The van der Waals surface area contributed by atoms with E-state index < -0.39 is 0 Å². The first-order valence-electron chi connectivity index (χ1n) is 4.33. The summed E-state index contributed by atoms with van der Waals surface area (Å²) < 4.78 is 5.23. The predicted molar refractivity (Wildman–Crippen MR) is 46.2 cm³/mol. The number of hydrogen-bond acceptors (Lipinski definition) is 3. The van der Waals surface area contributed by atoms with Gasteiger partial charge in [-0.3, -0.25) is 11.3 Å². The van der Waals surface area contributed by atoms with Crippen molar-refractivity contribution in [1.29, 1.82) is 0 Å². The van der Waals surface area contributed by atoms with E-state index in [-0.39, 0.29) is 0 Å². The summed E-state index contributed by atoms with van der Waals surface area (Å²) >= 11 is 0. The minimum Gasteiger partial charge on any atom is -0.469 e. The zero-order valence-corrected chi connectivity index (χ0v) is 7.21. The molecule has 3 N–H and O–H groups in total. The Kier molecular flexibility index (Phi) is 1.90. The van der Waals surface area contributed by atoms with Gasteiger partial charge in [0.15, 0.2) is 0 Å². The van der Waals surface area contributed by atoms with Crippen LogP contribution in [0.2, 0.25) is 0 Å². The maximum Gasteiger partial charge on any atom is 0.105 e. The molecular formula is C9H14N2O. The SMILES string of the molecule is Cc1occc1C(NN)C1CC1. The highest BCUT2D eigenvalue weighted by Gasteiger charge is 2.32. The summed E-state index contributed by atoms with van der Waals surface area (Å²) in [5.74, 6) is 7.17. The lowest BCUT2D eigenvalue weighted by molar-refractivity contribution is 0.472. The van der Waals surface area contributed by atoms with Crippen molar-refractivity contribution in [3.63, 3.8) is 0 Å². The Morgan fingerprint density at radius 1 is 1.67 bits per heavy atom. The molecule has 1 aliphatic rings. The first-order chi connectivity index (χ1) is 5.83. The minimum absolute atomic E-state index is 0.295. The molecule has 0 saturated heterocycles. The van der Waals surface area contributed by atoms with Crippen molar-refractivity contribution in [2.45, 2.75) is 25.8 Å². The molecule has 1 unspecified atom stereocenters. The summed E-state index contributed by atoms with van der Waals surface area (Å²) in [4.78, 5) is 0. The molecule has 0 bridgehead atoms. The van der Waals surface area contributed by atoms with Crippen molar-refractivity contribution in [3.8, 4) is 0 Å². The highest BCUT2D eigenvalue weighted by atomic mass is 16.3. The summed E-state index contributed by atoms with van der Waals surface area (Å²) in [5.41, 5.74) is 4.06. The Labute approximate surface area is 71.9 Å². The van der Waals surface area contributed by atoms with E-state index in [0.717, 1.165) is 5.76 Å². The average molecular weight is 166 g/mol. The van der Waals surface area contributed by atoms with Gasteiger partial charge in [-0.2, -0.15) is 0 Å². The van der Waals surface area contributed by atoms with E-state index in [0.29, 0.717) is 12.0 Å². The van der Waals surface area contributed by atoms with Gasteiger partial charge in [0.2, 0.25) is 0 Å². The Hall–Kier alpha value is -0.800. The van der Waals surface area contributed by atoms with Gasteiger partial charge >= 0.3 is 0 Å². The Morgan fingerprint density at radius 2 is 2.42 bits per heavy atom. The van der Waals surface area contributed by atoms with Crippen LogP contribution in [0.5, 0.6) is 0 Å². The summed E-state index contributed by atoms with van der Waals surface area (Å²) in [6.07, 6.45) is 4.27. The van der Waals surface area contributed by atoms with Gasteiger partial charge < -0.3 is 4.42 Å². The first kappa shape index (κ1) is 7.83. The van der Waals surface area contributed by atoms with Crippen molar-refractivity contribution in [2.75, 3.05) is 0 Å². The van der Waals surface area contributed by atoms with Crippen LogP contribution in [0.1, 0.15) is 30.2 Å². The highest BCUT2D eigenvalue weighted by Crippen LogP contribution is 2.41. The third-order valence-corrected chi connectivity index (χ3v) is 2.51. The van der Waals surface area contributed by atoms with Crippen LogP contribution in [-0.4, -0.2) is 0 Å². The van der Waals surface area contributed by atoms with E-state index in [2.05, 4.69) is 5.43 Å². The second kappa shape index (κ2) is 2.92. The predicted octanol–water partition coefficient (Wildman–Crippen LogP) is 1.50. The summed E-state index contributed by atoms with van der Waals surface area (Å²) in [6, 6.07) is 2.29. The van der Waals surface area contributed by atoms with E-state index in [1.165, 1.54) is 18.4 Å². The van der Waals surface area contributed by atoms with E-state index >= 15 is 0 Å². The molecule has 12 heavy (non-hydrogen) atoms. The number of rotatable bonds is 3. The number of furan rings is 1. The van der Waals surface area contributed by atoms with Crippen molar-refractivity contribution in [1.82, 2.24) is 5.43 Å². The average Bonchev–Trinajstić information content (AvgIpc) is 2.80. The molecule has 0 amide bonds. The molecule has 1 aromatic heterocycles. The number of nitrogens with one attached hydrogen (secondary N) is 1. The smallest absolute Gasteiger partial charge is 0.105 e. The van der Waals surface area contributed by atoms with Gasteiger partial charge in [0.05, 0.1) is 12.3 Å². The van der Waals surface area contributed by atoms with Crippen LogP contribution in [0.25, 0.3) is 0 Å². The third-order valence-electron chi connectivity index (χ3n) is 2.51. The molecule has 3 nitrogen and oxygen atoms in total. The van der Waals surface area contributed by atoms with E-state index in [4.69, 9.17) is 10.3 Å².